The zero-order valence-electron chi connectivity index (χ0n) is 17.3. The maximum atomic E-state index is 13.2. The normalized spacial score (nSPS) is 11.3. The van der Waals surface area contributed by atoms with Gasteiger partial charge in [0, 0.05) is 11.8 Å². The Morgan fingerprint density at radius 2 is 1.66 bits per heavy atom. The average Bonchev–Trinajstić information content (AvgIpc) is 2.77. The maximum Gasteiger partial charge on any atom is 0.263 e. The van der Waals surface area contributed by atoms with Gasteiger partial charge >= 0.3 is 0 Å². The molecular weight excluding hydrogens is 450 g/mol. The van der Waals surface area contributed by atoms with Gasteiger partial charge in [-0.05, 0) is 48.9 Å². The molecule has 0 saturated heterocycles. The lowest BCUT2D eigenvalue weighted by Crippen LogP contribution is -2.17. The lowest BCUT2D eigenvalue weighted by atomic mass is 10.2. The minimum atomic E-state index is -4.00. The Morgan fingerprint density at radius 1 is 0.969 bits per heavy atom. The zero-order chi connectivity index (χ0) is 22.9. The van der Waals surface area contributed by atoms with Crippen molar-refractivity contribution in [2.24, 2.45) is 0 Å². The molecule has 3 aromatic carbocycles. The first-order chi connectivity index (χ1) is 15.3. The van der Waals surface area contributed by atoms with E-state index >= 15 is 0 Å². The molecule has 0 atom stereocenters. The largest absolute Gasteiger partial charge is 0.497 e. The lowest BCUT2D eigenvalue weighted by molar-refractivity contribution is 0.415. The van der Waals surface area contributed by atoms with Crippen molar-refractivity contribution in [3.8, 4) is 5.75 Å². The number of ether oxygens (including phenoxy) is 1. The molecule has 1 heterocycles. The van der Waals surface area contributed by atoms with Crippen molar-refractivity contribution in [1.29, 1.82) is 0 Å². The highest BCUT2D eigenvalue weighted by Crippen LogP contribution is 2.33. The second-order valence-corrected chi connectivity index (χ2v) is 9.01. The molecule has 0 unspecified atom stereocenters. The molecule has 0 aliphatic rings. The fraction of sp³-hybridized carbons (Fsp3) is 0.0909. The summed E-state index contributed by atoms with van der Waals surface area (Å²) in [7, 11) is -2.47. The van der Waals surface area contributed by atoms with Gasteiger partial charge in [0.05, 0.1) is 33.7 Å². The summed E-state index contributed by atoms with van der Waals surface area (Å²) in [4.78, 5) is 9.10. The van der Waals surface area contributed by atoms with E-state index in [9.17, 15) is 8.42 Å². The highest BCUT2D eigenvalue weighted by molar-refractivity contribution is 7.92. The van der Waals surface area contributed by atoms with Crippen molar-refractivity contribution in [2.45, 2.75) is 11.8 Å². The maximum absolute atomic E-state index is 13.2. The number of nitrogens with zero attached hydrogens (tertiary/aromatic N) is 2. The Labute approximate surface area is 190 Å². The molecule has 0 spiro atoms. The van der Waals surface area contributed by atoms with Gasteiger partial charge in [0.15, 0.2) is 11.6 Å². The summed E-state index contributed by atoms with van der Waals surface area (Å²) in [5, 5.41) is 3.47. The van der Waals surface area contributed by atoms with Crippen LogP contribution in [0.25, 0.3) is 11.0 Å². The van der Waals surface area contributed by atoms with E-state index in [0.717, 1.165) is 0 Å². The number of halogens is 1. The van der Waals surface area contributed by atoms with Crippen molar-refractivity contribution in [2.75, 3.05) is 22.9 Å². The van der Waals surface area contributed by atoms with E-state index in [1.54, 1.807) is 55.5 Å². The van der Waals surface area contributed by atoms with Crippen LogP contribution in [0.4, 0.5) is 23.0 Å². The number of nitrogens with two attached hydrogens (primary N) is 1. The second kappa shape index (κ2) is 8.52. The minimum Gasteiger partial charge on any atom is -0.497 e. The summed E-state index contributed by atoms with van der Waals surface area (Å²) >= 11 is 6.32. The number of nitrogen functional groups attached to an aromatic ring is 1. The monoisotopic (exact) mass is 469 g/mol. The molecule has 164 valence electrons. The van der Waals surface area contributed by atoms with E-state index in [4.69, 9.17) is 22.1 Å². The van der Waals surface area contributed by atoms with Crippen LogP contribution in [0.3, 0.4) is 0 Å². The Hall–Kier alpha value is -3.56. The number of hydrogen-bond acceptors (Lipinski definition) is 7. The number of anilines is 4. The number of methoxy groups -OCH3 is 1. The molecule has 4 rings (SSSR count). The summed E-state index contributed by atoms with van der Waals surface area (Å²) in [6, 6.07) is 16.9. The van der Waals surface area contributed by atoms with Crippen LogP contribution in [-0.2, 0) is 10.0 Å². The van der Waals surface area contributed by atoms with Gasteiger partial charge in [0.1, 0.15) is 5.75 Å². The minimum absolute atomic E-state index is 0.0180. The SMILES string of the molecule is COc1ccc(Cl)c(Nc2nc3ccccc3nc2NS(=O)(=O)c2cccc(N)c2C)c1. The summed E-state index contributed by atoms with van der Waals surface area (Å²) in [6.07, 6.45) is 0. The number of aromatic nitrogens is 2. The van der Waals surface area contributed by atoms with Crippen molar-refractivity contribution in [3.05, 3.63) is 71.2 Å². The van der Waals surface area contributed by atoms with Gasteiger partial charge in [-0.1, -0.05) is 29.8 Å². The molecule has 0 bridgehead atoms. The Balaban J connectivity index is 1.82. The summed E-state index contributed by atoms with van der Waals surface area (Å²) in [6.45, 7) is 1.64. The highest BCUT2D eigenvalue weighted by Gasteiger charge is 2.22. The van der Waals surface area contributed by atoms with Gasteiger partial charge in [-0.25, -0.2) is 18.4 Å². The van der Waals surface area contributed by atoms with Crippen LogP contribution in [0, 0.1) is 6.92 Å². The molecule has 8 nitrogen and oxygen atoms in total. The lowest BCUT2D eigenvalue weighted by Gasteiger charge is -2.16. The summed E-state index contributed by atoms with van der Waals surface area (Å²) < 4.78 is 34.1. The number of hydrogen-bond donors (Lipinski definition) is 3. The first kappa shape index (κ1) is 21.7. The topological polar surface area (TPSA) is 119 Å². The molecule has 0 aliphatic carbocycles. The molecule has 0 amide bonds. The van der Waals surface area contributed by atoms with Crippen molar-refractivity contribution in [3.63, 3.8) is 0 Å². The van der Waals surface area contributed by atoms with Crippen LogP contribution < -0.4 is 20.5 Å². The fourth-order valence-corrected chi connectivity index (χ4v) is 4.57. The molecule has 0 radical (unpaired) electrons. The molecule has 32 heavy (non-hydrogen) atoms. The van der Waals surface area contributed by atoms with Crippen LogP contribution in [0.15, 0.2) is 65.6 Å². The molecule has 1 aromatic heterocycles. The van der Waals surface area contributed by atoms with E-state index in [2.05, 4.69) is 20.0 Å². The fourth-order valence-electron chi connectivity index (χ4n) is 3.12. The van der Waals surface area contributed by atoms with Gasteiger partial charge in [-0.2, -0.15) is 0 Å². The van der Waals surface area contributed by atoms with Gasteiger partial charge in [-0.3, -0.25) is 4.72 Å². The van der Waals surface area contributed by atoms with Crippen LogP contribution in [0.5, 0.6) is 5.75 Å². The van der Waals surface area contributed by atoms with Crippen molar-refractivity contribution >= 4 is 55.7 Å². The summed E-state index contributed by atoms with van der Waals surface area (Å²) in [5.41, 5.74) is 8.31. The third-order valence-electron chi connectivity index (χ3n) is 4.84. The van der Waals surface area contributed by atoms with Gasteiger partial charge in [0.25, 0.3) is 10.0 Å². The van der Waals surface area contributed by atoms with Crippen molar-refractivity contribution < 1.29 is 13.2 Å². The van der Waals surface area contributed by atoms with Crippen LogP contribution in [0.2, 0.25) is 5.02 Å². The molecule has 0 saturated carbocycles. The van der Waals surface area contributed by atoms with Crippen LogP contribution in [0.1, 0.15) is 5.56 Å². The number of para-hydroxylation sites is 2. The molecule has 10 heteroatoms. The number of nitrogens with one attached hydrogen (secondary N) is 2. The molecule has 0 aliphatic heterocycles. The number of fused-ring (bicyclic) bond motifs is 1. The predicted molar refractivity (Wildman–Crippen MR) is 127 cm³/mol. The van der Waals surface area contributed by atoms with Gasteiger partial charge < -0.3 is 15.8 Å². The Kier molecular flexibility index (Phi) is 5.77. The van der Waals surface area contributed by atoms with Gasteiger partial charge in [-0.15, -0.1) is 0 Å². The number of sulfonamides is 1. The van der Waals surface area contributed by atoms with Crippen LogP contribution >= 0.6 is 11.6 Å². The third kappa shape index (κ3) is 4.25. The van der Waals surface area contributed by atoms with Crippen molar-refractivity contribution in [1.82, 2.24) is 9.97 Å². The molecule has 0 fully saturated rings. The smallest absolute Gasteiger partial charge is 0.263 e. The number of rotatable bonds is 6. The predicted octanol–water partition coefficient (Wildman–Crippen LogP) is 4.73. The number of benzene rings is 3. The quantitative estimate of drug-likeness (QED) is 0.349. The second-order valence-electron chi connectivity index (χ2n) is 6.96. The van der Waals surface area contributed by atoms with E-state index < -0.39 is 10.0 Å². The van der Waals surface area contributed by atoms with Crippen LogP contribution in [-0.4, -0.2) is 25.5 Å². The molecule has 4 N–H and O–H groups in total. The van der Waals surface area contributed by atoms with E-state index in [1.165, 1.54) is 13.2 Å². The Bertz CT molecular complexity index is 1430. The zero-order valence-corrected chi connectivity index (χ0v) is 18.8. The first-order valence-corrected chi connectivity index (χ1v) is 11.4. The average molecular weight is 470 g/mol. The first-order valence-electron chi connectivity index (χ1n) is 9.54. The van der Waals surface area contributed by atoms with Gasteiger partial charge in [0.2, 0.25) is 0 Å². The molecular formula is C22H20ClN5O3S. The van der Waals surface area contributed by atoms with E-state index in [-0.39, 0.29) is 16.5 Å². The highest BCUT2D eigenvalue weighted by atomic mass is 35.5. The summed E-state index contributed by atoms with van der Waals surface area (Å²) in [5.74, 6) is 0.775. The van der Waals surface area contributed by atoms with E-state index in [0.29, 0.717) is 38.7 Å². The van der Waals surface area contributed by atoms with E-state index in [1.807, 2.05) is 6.07 Å². The Morgan fingerprint density at radius 3 is 2.34 bits per heavy atom. The molecule has 4 aromatic rings. The standard InChI is InChI=1S/C22H20ClN5O3S/c1-13-16(24)6-5-9-20(13)32(29,30)28-22-21(25-17-7-3-4-8-18(17)26-22)27-19-12-14(31-2)10-11-15(19)23/h3-12H,24H2,1-2H3,(H,25,27)(H,26,28). The third-order valence-corrected chi connectivity index (χ3v) is 6.66.